The van der Waals surface area contributed by atoms with Crippen LogP contribution in [0.2, 0.25) is 5.02 Å². The maximum atomic E-state index is 13.2. The molecule has 2 aromatic rings. The van der Waals surface area contributed by atoms with Crippen molar-refractivity contribution in [2.24, 2.45) is 0 Å². The largest absolute Gasteiger partial charge is 0.489 e. The molecule has 0 amide bonds. The normalized spacial score (nSPS) is 17.3. The Morgan fingerprint density at radius 1 is 1.11 bits per heavy atom. The molecule has 0 bridgehead atoms. The van der Waals surface area contributed by atoms with Gasteiger partial charge in [0.25, 0.3) is 0 Å². The molecule has 0 fully saturated rings. The summed E-state index contributed by atoms with van der Waals surface area (Å²) in [7, 11) is 0. The summed E-state index contributed by atoms with van der Waals surface area (Å²) in [5, 5.41) is 3.76. The second-order valence-corrected chi connectivity index (χ2v) is 4.79. The third-order valence-corrected chi connectivity index (χ3v) is 3.20. The summed E-state index contributed by atoms with van der Waals surface area (Å²) in [5.74, 6) is -0.557. The van der Waals surface area contributed by atoms with Crippen molar-refractivity contribution in [3.05, 3.63) is 58.6 Å². The molecule has 1 N–H and O–H groups in total. The van der Waals surface area contributed by atoms with Gasteiger partial charge in [-0.1, -0.05) is 11.6 Å². The third-order valence-electron chi connectivity index (χ3n) is 2.97. The topological polar surface area (TPSA) is 21.3 Å². The number of benzene rings is 2. The molecule has 1 unspecified atom stereocenters. The molecule has 0 saturated carbocycles. The molecule has 5 heteroatoms. The van der Waals surface area contributed by atoms with Gasteiger partial charge in [-0.05, 0) is 29.8 Å². The van der Waals surface area contributed by atoms with Gasteiger partial charge in [0.05, 0.1) is 11.7 Å². The Hall–Kier alpha value is -1.81. The van der Waals surface area contributed by atoms with Crippen LogP contribution in [0.3, 0.4) is 0 Å². The van der Waals surface area contributed by atoms with Gasteiger partial charge in [0.15, 0.2) is 0 Å². The summed E-state index contributed by atoms with van der Waals surface area (Å²) in [6.07, 6.45) is 0. The van der Waals surface area contributed by atoms with Crippen LogP contribution < -0.4 is 10.1 Å². The van der Waals surface area contributed by atoms with Crippen LogP contribution in [0.4, 0.5) is 14.5 Å². The first-order valence-corrected chi connectivity index (χ1v) is 6.14. The predicted molar refractivity (Wildman–Crippen MR) is 69.7 cm³/mol. The lowest BCUT2D eigenvalue weighted by Gasteiger charge is -2.28. The van der Waals surface area contributed by atoms with Crippen LogP contribution in [0, 0.1) is 11.6 Å². The van der Waals surface area contributed by atoms with Crippen molar-refractivity contribution in [2.75, 3.05) is 11.9 Å². The van der Waals surface area contributed by atoms with E-state index in [1.54, 1.807) is 18.2 Å². The second-order valence-electron chi connectivity index (χ2n) is 4.35. The fourth-order valence-corrected chi connectivity index (χ4v) is 2.26. The van der Waals surface area contributed by atoms with E-state index < -0.39 is 11.6 Å². The van der Waals surface area contributed by atoms with Crippen molar-refractivity contribution in [1.29, 1.82) is 0 Å². The minimum atomic E-state index is -0.598. The van der Waals surface area contributed by atoms with Crippen LogP contribution in [-0.4, -0.2) is 6.61 Å². The van der Waals surface area contributed by atoms with Gasteiger partial charge in [-0.3, -0.25) is 0 Å². The molecule has 2 nitrogen and oxygen atoms in total. The van der Waals surface area contributed by atoms with Gasteiger partial charge in [0, 0.05) is 17.2 Å². The molecule has 1 aliphatic heterocycles. The lowest BCUT2D eigenvalue weighted by Crippen LogP contribution is -2.24. The Labute approximate surface area is 114 Å². The van der Waals surface area contributed by atoms with Crippen molar-refractivity contribution < 1.29 is 13.5 Å². The summed E-state index contributed by atoms with van der Waals surface area (Å²) in [6.45, 7) is 0.288. The zero-order valence-electron chi connectivity index (χ0n) is 9.79. The highest BCUT2D eigenvalue weighted by Crippen LogP contribution is 2.35. The van der Waals surface area contributed by atoms with Crippen LogP contribution >= 0.6 is 11.6 Å². The van der Waals surface area contributed by atoms with E-state index >= 15 is 0 Å². The number of anilines is 1. The highest BCUT2D eigenvalue weighted by Gasteiger charge is 2.21. The van der Waals surface area contributed by atoms with Crippen molar-refractivity contribution >= 4 is 17.3 Å². The molecular formula is C14H10ClF2NO. The predicted octanol–water partition coefficient (Wildman–Crippen LogP) is 4.16. The first kappa shape index (κ1) is 12.2. The van der Waals surface area contributed by atoms with E-state index in [1.165, 1.54) is 12.1 Å². The molecule has 0 radical (unpaired) electrons. The van der Waals surface area contributed by atoms with Crippen LogP contribution in [-0.2, 0) is 0 Å². The van der Waals surface area contributed by atoms with Crippen LogP contribution in [0.1, 0.15) is 11.6 Å². The van der Waals surface area contributed by atoms with Crippen LogP contribution in [0.25, 0.3) is 0 Å². The number of hydrogen-bond donors (Lipinski definition) is 1. The van der Waals surface area contributed by atoms with Crippen molar-refractivity contribution in [1.82, 2.24) is 0 Å². The van der Waals surface area contributed by atoms with E-state index in [-0.39, 0.29) is 12.6 Å². The molecule has 1 heterocycles. The first-order valence-electron chi connectivity index (χ1n) is 5.77. The van der Waals surface area contributed by atoms with E-state index in [9.17, 15) is 8.78 Å². The molecule has 0 spiro atoms. The van der Waals surface area contributed by atoms with E-state index in [0.717, 1.165) is 11.8 Å². The Morgan fingerprint density at radius 2 is 1.84 bits per heavy atom. The summed E-state index contributed by atoms with van der Waals surface area (Å²) < 4.78 is 32.0. The molecular weight excluding hydrogens is 272 g/mol. The third kappa shape index (κ3) is 2.49. The number of rotatable bonds is 1. The molecule has 0 aliphatic carbocycles. The van der Waals surface area contributed by atoms with Gasteiger partial charge < -0.3 is 10.1 Å². The average Bonchev–Trinajstić information content (AvgIpc) is 2.37. The number of fused-ring (bicyclic) bond motifs is 1. The maximum absolute atomic E-state index is 13.2. The van der Waals surface area contributed by atoms with Crippen LogP contribution in [0.5, 0.6) is 5.75 Å². The zero-order chi connectivity index (χ0) is 13.4. The number of ether oxygens (including phenoxy) is 1. The van der Waals surface area contributed by atoms with Gasteiger partial charge in [-0.2, -0.15) is 0 Å². The van der Waals surface area contributed by atoms with E-state index in [4.69, 9.17) is 16.3 Å². The fourth-order valence-electron chi connectivity index (χ4n) is 2.09. The lowest BCUT2D eigenvalue weighted by molar-refractivity contribution is 0.286. The van der Waals surface area contributed by atoms with Gasteiger partial charge in [0.1, 0.15) is 24.0 Å². The molecule has 98 valence electrons. The molecule has 2 aromatic carbocycles. The Kier molecular flexibility index (Phi) is 3.03. The molecule has 0 aromatic heterocycles. The summed E-state index contributed by atoms with van der Waals surface area (Å²) >= 11 is 5.86. The first-order chi connectivity index (χ1) is 9.11. The average molecular weight is 282 g/mol. The Morgan fingerprint density at radius 3 is 2.58 bits per heavy atom. The summed E-state index contributed by atoms with van der Waals surface area (Å²) in [6, 6.07) is 8.35. The van der Waals surface area contributed by atoms with Crippen molar-refractivity contribution in [2.45, 2.75) is 6.04 Å². The Bertz CT molecular complexity index is 613. The Balaban J connectivity index is 1.91. The van der Waals surface area contributed by atoms with E-state index in [0.29, 0.717) is 16.3 Å². The monoisotopic (exact) mass is 281 g/mol. The van der Waals surface area contributed by atoms with E-state index in [1.807, 2.05) is 0 Å². The minimum Gasteiger partial charge on any atom is -0.489 e. The SMILES string of the molecule is Fc1cc(F)cc(C2COc3cc(Cl)ccc3N2)c1. The minimum absolute atomic E-state index is 0.288. The number of hydrogen-bond acceptors (Lipinski definition) is 2. The van der Waals surface area contributed by atoms with Crippen molar-refractivity contribution in [3.63, 3.8) is 0 Å². The molecule has 1 aliphatic rings. The summed E-state index contributed by atoms with van der Waals surface area (Å²) in [4.78, 5) is 0. The molecule has 1 atom stereocenters. The number of nitrogens with one attached hydrogen (secondary N) is 1. The quantitative estimate of drug-likeness (QED) is 0.847. The highest BCUT2D eigenvalue weighted by atomic mass is 35.5. The van der Waals surface area contributed by atoms with Crippen molar-refractivity contribution in [3.8, 4) is 5.75 Å². The summed E-state index contributed by atoms with van der Waals surface area (Å²) in [5.41, 5.74) is 1.27. The zero-order valence-corrected chi connectivity index (χ0v) is 10.5. The van der Waals surface area contributed by atoms with Gasteiger partial charge in [-0.25, -0.2) is 8.78 Å². The smallest absolute Gasteiger partial charge is 0.144 e. The molecule has 3 rings (SSSR count). The second kappa shape index (κ2) is 4.70. The number of halogens is 3. The van der Waals surface area contributed by atoms with E-state index in [2.05, 4.69) is 5.32 Å². The lowest BCUT2D eigenvalue weighted by atomic mass is 10.1. The van der Waals surface area contributed by atoms with Crippen LogP contribution in [0.15, 0.2) is 36.4 Å². The van der Waals surface area contributed by atoms with Gasteiger partial charge in [-0.15, -0.1) is 0 Å². The van der Waals surface area contributed by atoms with Gasteiger partial charge >= 0.3 is 0 Å². The van der Waals surface area contributed by atoms with Gasteiger partial charge in [0.2, 0.25) is 0 Å². The fraction of sp³-hybridized carbons (Fsp3) is 0.143. The highest BCUT2D eigenvalue weighted by molar-refractivity contribution is 6.30. The molecule has 19 heavy (non-hydrogen) atoms. The maximum Gasteiger partial charge on any atom is 0.144 e. The molecule has 0 saturated heterocycles. The standard InChI is InChI=1S/C14H10ClF2NO/c15-9-1-2-12-14(5-9)19-7-13(18-12)8-3-10(16)6-11(17)4-8/h1-6,13,18H,7H2.